The highest BCUT2D eigenvalue weighted by Gasteiger charge is 2.12. The number of aromatic nitrogens is 1. The average molecular weight is 273 g/mol. The van der Waals surface area contributed by atoms with Crippen LogP contribution in [0.25, 0.3) is 0 Å². The van der Waals surface area contributed by atoms with Gasteiger partial charge in [0.2, 0.25) is 0 Å². The summed E-state index contributed by atoms with van der Waals surface area (Å²) in [5.74, 6) is 0.346. The monoisotopic (exact) mass is 273 g/mol. The first-order valence-electron chi connectivity index (χ1n) is 6.52. The van der Waals surface area contributed by atoms with E-state index in [0.717, 1.165) is 12.1 Å². The van der Waals surface area contributed by atoms with Crippen LogP contribution < -0.4 is 10.2 Å². The predicted octanol–water partition coefficient (Wildman–Crippen LogP) is 2.02. The van der Waals surface area contributed by atoms with E-state index in [0.29, 0.717) is 18.0 Å². The van der Waals surface area contributed by atoms with Crippen molar-refractivity contribution in [3.63, 3.8) is 0 Å². The van der Waals surface area contributed by atoms with E-state index in [9.17, 15) is 4.79 Å². The zero-order valence-electron chi connectivity index (χ0n) is 12.0. The van der Waals surface area contributed by atoms with Crippen molar-refractivity contribution in [1.82, 2.24) is 10.3 Å². The highest BCUT2D eigenvalue weighted by molar-refractivity contribution is 5.92. The fourth-order valence-electron chi connectivity index (χ4n) is 1.89. The lowest BCUT2D eigenvalue weighted by Gasteiger charge is -2.12. The Morgan fingerprint density at radius 3 is 2.55 bits per heavy atom. The first-order chi connectivity index (χ1) is 9.58. The van der Waals surface area contributed by atoms with Crippen LogP contribution in [-0.2, 0) is 6.42 Å². The minimum absolute atomic E-state index is 0.193. The quantitative estimate of drug-likeness (QED) is 0.905. The van der Waals surface area contributed by atoms with Crippen molar-refractivity contribution in [3.05, 3.63) is 47.7 Å². The highest BCUT2D eigenvalue weighted by atomic mass is 16.3. The number of nitrogens with zero attached hydrogens (tertiary/aromatic N) is 2. The summed E-state index contributed by atoms with van der Waals surface area (Å²) in [4.78, 5) is 17.8. The van der Waals surface area contributed by atoms with E-state index in [1.165, 1.54) is 12.0 Å². The smallest absolute Gasteiger partial charge is 0.273 e. The Balaban J connectivity index is 1.84. The first kappa shape index (κ1) is 14.1. The van der Waals surface area contributed by atoms with Crippen LogP contribution in [0.15, 0.2) is 35.1 Å². The second-order valence-corrected chi connectivity index (χ2v) is 4.82. The topological polar surface area (TPSA) is 58.4 Å². The van der Waals surface area contributed by atoms with E-state index >= 15 is 0 Å². The molecule has 106 valence electrons. The first-order valence-corrected chi connectivity index (χ1v) is 6.52. The van der Waals surface area contributed by atoms with Crippen LogP contribution in [0, 0.1) is 6.92 Å². The molecule has 0 saturated carbocycles. The number of hydrogen-bond acceptors (Lipinski definition) is 4. The van der Waals surface area contributed by atoms with Gasteiger partial charge < -0.3 is 14.6 Å². The van der Waals surface area contributed by atoms with Gasteiger partial charge >= 0.3 is 0 Å². The average Bonchev–Trinajstić information content (AvgIpc) is 2.85. The number of aryl methyl sites for hydroxylation is 1. The molecule has 2 aromatic rings. The molecule has 1 amide bonds. The summed E-state index contributed by atoms with van der Waals surface area (Å²) >= 11 is 0. The van der Waals surface area contributed by atoms with Crippen LogP contribution in [0.2, 0.25) is 0 Å². The van der Waals surface area contributed by atoms with Gasteiger partial charge in [-0.05, 0) is 31.0 Å². The molecule has 0 spiro atoms. The van der Waals surface area contributed by atoms with E-state index in [1.54, 1.807) is 6.92 Å². The Morgan fingerprint density at radius 1 is 1.30 bits per heavy atom. The molecule has 1 aromatic carbocycles. The van der Waals surface area contributed by atoms with E-state index in [4.69, 9.17) is 4.42 Å². The van der Waals surface area contributed by atoms with Crippen molar-refractivity contribution in [2.24, 2.45) is 0 Å². The summed E-state index contributed by atoms with van der Waals surface area (Å²) in [6.45, 7) is 2.30. The zero-order chi connectivity index (χ0) is 14.5. The van der Waals surface area contributed by atoms with Gasteiger partial charge in [0, 0.05) is 26.3 Å². The van der Waals surface area contributed by atoms with Gasteiger partial charge in [0.05, 0.1) is 0 Å². The van der Waals surface area contributed by atoms with Gasteiger partial charge in [0.15, 0.2) is 12.1 Å². The largest absolute Gasteiger partial charge is 0.448 e. The molecule has 0 aliphatic rings. The lowest BCUT2D eigenvalue weighted by atomic mass is 10.1. The van der Waals surface area contributed by atoms with Crippen molar-refractivity contribution in [2.45, 2.75) is 13.3 Å². The molecule has 0 atom stereocenters. The van der Waals surface area contributed by atoms with Gasteiger partial charge in [0.1, 0.15) is 5.76 Å². The number of oxazole rings is 1. The Hall–Kier alpha value is -2.30. The molecule has 5 heteroatoms. The second-order valence-electron chi connectivity index (χ2n) is 4.82. The molecule has 0 unspecified atom stereocenters. The number of carbonyl (C=O) groups excluding carboxylic acids is 1. The molecule has 20 heavy (non-hydrogen) atoms. The van der Waals surface area contributed by atoms with Crippen LogP contribution in [0.4, 0.5) is 5.69 Å². The summed E-state index contributed by atoms with van der Waals surface area (Å²) < 4.78 is 5.01. The molecule has 5 nitrogen and oxygen atoms in total. The molecule has 1 heterocycles. The molecule has 0 fully saturated rings. The number of rotatable bonds is 5. The van der Waals surface area contributed by atoms with Gasteiger partial charge in [-0.25, -0.2) is 4.98 Å². The summed E-state index contributed by atoms with van der Waals surface area (Å²) in [7, 11) is 4.02. The van der Waals surface area contributed by atoms with E-state index in [-0.39, 0.29) is 5.91 Å². The second kappa shape index (κ2) is 6.23. The SMILES string of the molecule is Cc1ocnc1C(=O)NCCc1ccc(N(C)C)cc1. The molecule has 0 aliphatic carbocycles. The summed E-state index contributed by atoms with van der Waals surface area (Å²) in [5, 5.41) is 2.84. The van der Waals surface area contributed by atoms with E-state index in [1.807, 2.05) is 14.1 Å². The van der Waals surface area contributed by atoms with Gasteiger partial charge in [0.25, 0.3) is 5.91 Å². The van der Waals surface area contributed by atoms with Crippen LogP contribution in [-0.4, -0.2) is 31.5 Å². The van der Waals surface area contributed by atoms with E-state index in [2.05, 4.69) is 39.5 Å². The van der Waals surface area contributed by atoms with Crippen LogP contribution >= 0.6 is 0 Å². The Bertz CT molecular complexity index is 573. The molecule has 1 N–H and O–H groups in total. The fraction of sp³-hybridized carbons (Fsp3) is 0.333. The molecule has 0 bridgehead atoms. The molecule has 1 aromatic heterocycles. The number of amides is 1. The summed E-state index contributed by atoms with van der Waals surface area (Å²) in [5.41, 5.74) is 2.71. The fourth-order valence-corrected chi connectivity index (χ4v) is 1.89. The number of benzene rings is 1. The maximum atomic E-state index is 11.8. The maximum Gasteiger partial charge on any atom is 0.273 e. The molecule has 2 rings (SSSR count). The normalized spacial score (nSPS) is 10.3. The van der Waals surface area contributed by atoms with Gasteiger partial charge in [-0.1, -0.05) is 12.1 Å². The number of hydrogen-bond donors (Lipinski definition) is 1. The van der Waals surface area contributed by atoms with Gasteiger partial charge in [-0.3, -0.25) is 4.79 Å². The molecule has 0 aliphatic heterocycles. The van der Waals surface area contributed by atoms with Crippen molar-refractivity contribution < 1.29 is 9.21 Å². The Labute approximate surface area is 118 Å². The van der Waals surface area contributed by atoms with Crippen molar-refractivity contribution in [3.8, 4) is 0 Å². The maximum absolute atomic E-state index is 11.8. The molecule has 0 radical (unpaired) electrons. The molecular weight excluding hydrogens is 254 g/mol. The van der Waals surface area contributed by atoms with Gasteiger partial charge in [-0.15, -0.1) is 0 Å². The van der Waals surface area contributed by atoms with E-state index < -0.39 is 0 Å². The number of anilines is 1. The van der Waals surface area contributed by atoms with Crippen molar-refractivity contribution >= 4 is 11.6 Å². The third-order valence-corrected chi connectivity index (χ3v) is 3.11. The Kier molecular flexibility index (Phi) is 4.40. The standard InChI is InChI=1S/C15H19N3O2/c1-11-14(17-10-20-11)15(19)16-9-8-12-4-6-13(7-5-12)18(2)3/h4-7,10H,8-9H2,1-3H3,(H,16,19). The molecule has 0 saturated heterocycles. The lowest BCUT2D eigenvalue weighted by Crippen LogP contribution is -2.26. The Morgan fingerprint density at radius 2 is 2.00 bits per heavy atom. The lowest BCUT2D eigenvalue weighted by molar-refractivity contribution is 0.0948. The van der Waals surface area contributed by atoms with Crippen molar-refractivity contribution in [1.29, 1.82) is 0 Å². The third-order valence-electron chi connectivity index (χ3n) is 3.11. The number of carbonyl (C=O) groups is 1. The highest BCUT2D eigenvalue weighted by Crippen LogP contribution is 2.12. The zero-order valence-corrected chi connectivity index (χ0v) is 12.0. The van der Waals surface area contributed by atoms with Crippen LogP contribution in [0.5, 0.6) is 0 Å². The molecular formula is C15H19N3O2. The van der Waals surface area contributed by atoms with Gasteiger partial charge in [-0.2, -0.15) is 0 Å². The summed E-state index contributed by atoms with van der Waals surface area (Å²) in [6, 6.07) is 8.28. The van der Waals surface area contributed by atoms with Crippen LogP contribution in [0.3, 0.4) is 0 Å². The third kappa shape index (κ3) is 3.38. The summed E-state index contributed by atoms with van der Waals surface area (Å²) in [6.07, 6.45) is 2.07. The number of nitrogens with one attached hydrogen (secondary N) is 1. The van der Waals surface area contributed by atoms with Crippen molar-refractivity contribution in [2.75, 3.05) is 25.5 Å². The predicted molar refractivity (Wildman–Crippen MR) is 78.0 cm³/mol. The minimum atomic E-state index is -0.193. The minimum Gasteiger partial charge on any atom is -0.448 e. The van der Waals surface area contributed by atoms with Crippen LogP contribution in [0.1, 0.15) is 21.8 Å².